The molecule has 8 heteroatoms. The number of hydrogen-bond acceptors (Lipinski definition) is 4. The molecule has 25 heavy (non-hydrogen) atoms. The minimum absolute atomic E-state index is 0.0512. The normalized spacial score (nSPS) is 15.4. The molecule has 134 valence electrons. The van der Waals surface area contributed by atoms with Crippen LogP contribution in [0.25, 0.3) is 0 Å². The largest absolute Gasteiger partial charge is 0.357 e. The van der Waals surface area contributed by atoms with Gasteiger partial charge in [0.15, 0.2) is 0 Å². The Kier molecular flexibility index (Phi) is 5.84. The molecule has 1 fully saturated rings. The molecule has 1 aromatic heterocycles. The van der Waals surface area contributed by atoms with Crippen LogP contribution in [0.2, 0.25) is 10.0 Å². The van der Waals surface area contributed by atoms with Crippen LogP contribution in [0.4, 0.5) is 5.82 Å². The van der Waals surface area contributed by atoms with Gasteiger partial charge in [-0.1, -0.05) is 23.2 Å². The summed E-state index contributed by atoms with van der Waals surface area (Å²) in [7, 11) is -3.69. The highest BCUT2D eigenvalue weighted by Gasteiger charge is 2.16. The summed E-state index contributed by atoms with van der Waals surface area (Å²) in [4.78, 5) is 6.69. The van der Waals surface area contributed by atoms with Crippen molar-refractivity contribution in [1.29, 1.82) is 0 Å². The third-order valence-electron chi connectivity index (χ3n) is 4.10. The van der Waals surface area contributed by atoms with Gasteiger partial charge in [0.25, 0.3) is 0 Å². The first kappa shape index (κ1) is 18.5. The van der Waals surface area contributed by atoms with Gasteiger partial charge < -0.3 is 4.90 Å². The van der Waals surface area contributed by atoms with Gasteiger partial charge in [-0.15, -0.1) is 0 Å². The first-order valence-corrected chi connectivity index (χ1v) is 10.3. The van der Waals surface area contributed by atoms with Gasteiger partial charge in [-0.2, -0.15) is 0 Å². The van der Waals surface area contributed by atoms with E-state index in [1.807, 2.05) is 6.07 Å². The molecule has 2 aromatic rings. The Balaban J connectivity index is 1.72. The predicted molar refractivity (Wildman–Crippen MR) is 101 cm³/mol. The Morgan fingerprint density at radius 3 is 2.40 bits per heavy atom. The molecule has 0 atom stereocenters. The third-order valence-corrected chi connectivity index (χ3v) is 5.92. The van der Waals surface area contributed by atoms with Gasteiger partial charge in [0.1, 0.15) is 5.82 Å². The summed E-state index contributed by atoms with van der Waals surface area (Å²) in [6.07, 6.45) is 5.28. The van der Waals surface area contributed by atoms with Crippen LogP contribution in [-0.4, -0.2) is 26.5 Å². The zero-order valence-electron chi connectivity index (χ0n) is 13.6. The molecule has 1 aliphatic heterocycles. The van der Waals surface area contributed by atoms with Crippen molar-refractivity contribution in [3.8, 4) is 0 Å². The van der Waals surface area contributed by atoms with E-state index in [2.05, 4.69) is 14.6 Å². The average molecular weight is 400 g/mol. The van der Waals surface area contributed by atoms with Crippen molar-refractivity contribution in [2.24, 2.45) is 0 Å². The smallest absolute Gasteiger partial charge is 0.240 e. The first-order valence-electron chi connectivity index (χ1n) is 8.10. The van der Waals surface area contributed by atoms with Crippen LogP contribution in [0.5, 0.6) is 0 Å². The highest BCUT2D eigenvalue weighted by molar-refractivity contribution is 7.89. The highest BCUT2D eigenvalue weighted by Crippen LogP contribution is 2.23. The van der Waals surface area contributed by atoms with Gasteiger partial charge in [0.2, 0.25) is 10.0 Å². The van der Waals surface area contributed by atoms with E-state index in [0.29, 0.717) is 0 Å². The highest BCUT2D eigenvalue weighted by atomic mass is 35.5. The zero-order valence-corrected chi connectivity index (χ0v) is 15.9. The van der Waals surface area contributed by atoms with Crippen molar-refractivity contribution in [3.05, 3.63) is 52.1 Å². The van der Waals surface area contributed by atoms with Crippen LogP contribution in [0.1, 0.15) is 24.8 Å². The van der Waals surface area contributed by atoms with Gasteiger partial charge >= 0.3 is 0 Å². The summed E-state index contributed by atoms with van der Waals surface area (Å²) in [6.45, 7) is 2.15. The molecule has 5 nitrogen and oxygen atoms in total. The number of anilines is 1. The van der Waals surface area contributed by atoms with Crippen LogP contribution in [0.15, 0.2) is 41.4 Å². The molecule has 0 bridgehead atoms. The molecule has 3 rings (SSSR count). The SMILES string of the molecule is O=S(=O)(NCc1ccnc(N2CCCCC2)c1)c1cc(Cl)cc(Cl)c1. The summed E-state index contributed by atoms with van der Waals surface area (Å²) in [5.74, 6) is 0.891. The maximum atomic E-state index is 12.4. The minimum atomic E-state index is -3.69. The topological polar surface area (TPSA) is 62.3 Å². The number of sulfonamides is 1. The number of nitrogens with one attached hydrogen (secondary N) is 1. The number of halogens is 2. The number of aromatic nitrogens is 1. The van der Waals surface area contributed by atoms with E-state index in [-0.39, 0.29) is 21.5 Å². The van der Waals surface area contributed by atoms with Crippen LogP contribution >= 0.6 is 23.2 Å². The summed E-state index contributed by atoms with van der Waals surface area (Å²) >= 11 is 11.8. The molecular weight excluding hydrogens is 381 g/mol. The fourth-order valence-electron chi connectivity index (χ4n) is 2.81. The van der Waals surface area contributed by atoms with Crippen molar-refractivity contribution in [1.82, 2.24) is 9.71 Å². The molecule has 0 unspecified atom stereocenters. The van der Waals surface area contributed by atoms with E-state index in [1.54, 1.807) is 12.3 Å². The Bertz CT molecular complexity index is 832. The van der Waals surface area contributed by atoms with Crippen LogP contribution < -0.4 is 9.62 Å². The summed E-state index contributed by atoms with van der Waals surface area (Å²) in [5.41, 5.74) is 0.854. The van der Waals surface area contributed by atoms with Crippen LogP contribution in [0.3, 0.4) is 0 Å². The monoisotopic (exact) mass is 399 g/mol. The van der Waals surface area contributed by atoms with E-state index >= 15 is 0 Å². The number of pyridine rings is 1. The van der Waals surface area contributed by atoms with E-state index < -0.39 is 10.0 Å². The van der Waals surface area contributed by atoms with E-state index in [1.165, 1.54) is 24.6 Å². The molecular formula is C17H19Cl2N3O2S. The molecule has 0 spiro atoms. The van der Waals surface area contributed by atoms with Crippen molar-refractivity contribution in [2.45, 2.75) is 30.7 Å². The first-order chi connectivity index (χ1) is 11.9. The van der Waals surface area contributed by atoms with Gasteiger partial charge in [0, 0.05) is 35.9 Å². The van der Waals surface area contributed by atoms with Gasteiger partial charge in [-0.25, -0.2) is 18.1 Å². The molecule has 1 N–H and O–H groups in total. The van der Waals surface area contributed by atoms with Crippen molar-refractivity contribution < 1.29 is 8.42 Å². The fraction of sp³-hybridized carbons (Fsp3) is 0.353. The number of piperidine rings is 1. The Morgan fingerprint density at radius 1 is 1.04 bits per heavy atom. The lowest BCUT2D eigenvalue weighted by molar-refractivity contribution is 0.572. The zero-order chi connectivity index (χ0) is 17.9. The fourth-order valence-corrected chi connectivity index (χ4v) is 4.55. The Hall–Kier alpha value is -1.34. The molecule has 0 amide bonds. The molecule has 0 aliphatic carbocycles. The lowest BCUT2D eigenvalue weighted by Crippen LogP contribution is -2.30. The quantitative estimate of drug-likeness (QED) is 0.828. The van der Waals surface area contributed by atoms with Gasteiger partial charge in [0.05, 0.1) is 4.90 Å². The lowest BCUT2D eigenvalue weighted by atomic mass is 10.1. The molecule has 0 saturated carbocycles. The number of hydrogen-bond donors (Lipinski definition) is 1. The third kappa shape index (κ3) is 4.85. The van der Waals surface area contributed by atoms with Gasteiger partial charge in [-0.3, -0.25) is 0 Å². The second-order valence-corrected chi connectivity index (χ2v) is 8.64. The number of rotatable bonds is 5. The average Bonchev–Trinajstić information content (AvgIpc) is 2.60. The van der Waals surface area contributed by atoms with E-state index in [9.17, 15) is 8.42 Å². The second kappa shape index (κ2) is 7.91. The number of benzene rings is 1. The molecule has 0 radical (unpaired) electrons. The molecule has 1 saturated heterocycles. The van der Waals surface area contributed by atoms with E-state index in [4.69, 9.17) is 23.2 Å². The maximum Gasteiger partial charge on any atom is 0.240 e. The summed E-state index contributed by atoms with van der Waals surface area (Å²) in [6, 6.07) is 7.98. The van der Waals surface area contributed by atoms with Crippen molar-refractivity contribution in [3.63, 3.8) is 0 Å². The second-order valence-electron chi connectivity index (χ2n) is 6.00. The lowest BCUT2D eigenvalue weighted by Gasteiger charge is -2.27. The van der Waals surface area contributed by atoms with Crippen molar-refractivity contribution >= 4 is 39.0 Å². The summed E-state index contributed by atoms with van der Waals surface area (Å²) in [5, 5.41) is 0.563. The number of nitrogens with zero attached hydrogens (tertiary/aromatic N) is 2. The van der Waals surface area contributed by atoms with Crippen LogP contribution in [-0.2, 0) is 16.6 Å². The predicted octanol–water partition coefficient (Wildman–Crippen LogP) is 3.86. The summed E-state index contributed by atoms with van der Waals surface area (Å²) < 4.78 is 27.5. The Labute approximate surface area is 158 Å². The van der Waals surface area contributed by atoms with Crippen molar-refractivity contribution in [2.75, 3.05) is 18.0 Å². The molecule has 2 heterocycles. The van der Waals surface area contributed by atoms with E-state index in [0.717, 1.165) is 37.3 Å². The van der Waals surface area contributed by atoms with Crippen LogP contribution in [0, 0.1) is 0 Å². The Morgan fingerprint density at radius 2 is 1.72 bits per heavy atom. The maximum absolute atomic E-state index is 12.4. The minimum Gasteiger partial charge on any atom is -0.357 e. The standard InChI is InChI=1S/C17H19Cl2N3O2S/c18-14-9-15(19)11-16(10-14)25(23,24)21-12-13-4-5-20-17(8-13)22-6-2-1-3-7-22/h4-5,8-11,21H,1-3,6-7,12H2. The van der Waals surface area contributed by atoms with Gasteiger partial charge in [-0.05, 0) is 55.2 Å². The molecule has 1 aliphatic rings. The molecule has 1 aromatic carbocycles.